The quantitative estimate of drug-likeness (QED) is 0.0603. The molecule has 4 atom stereocenters. The molecule has 0 spiro atoms. The van der Waals surface area contributed by atoms with E-state index in [9.17, 15) is 14.5 Å². The van der Waals surface area contributed by atoms with E-state index < -0.39 is 20.4 Å². The van der Waals surface area contributed by atoms with Gasteiger partial charge >= 0.3 is 5.69 Å². The van der Waals surface area contributed by atoms with Gasteiger partial charge in [-0.3, -0.25) is 14.3 Å². The van der Waals surface area contributed by atoms with Gasteiger partial charge in [-0.05, 0) is 76.3 Å². The Morgan fingerprint density at radius 2 is 1.57 bits per heavy atom. The van der Waals surface area contributed by atoms with Crippen LogP contribution in [0.2, 0.25) is 0 Å². The first kappa shape index (κ1) is 41.8. The number of hydrogen-bond donors (Lipinski definition) is 3. The number of rotatable bonds is 16. The molecule has 0 aliphatic carbocycles. The zero-order valence-electron chi connectivity index (χ0n) is 31.1. The highest BCUT2D eigenvalue weighted by molar-refractivity contribution is 7.81. The minimum absolute atomic E-state index is 0.0311. The van der Waals surface area contributed by atoms with Gasteiger partial charge in [0.2, 0.25) is 0 Å². The van der Waals surface area contributed by atoms with E-state index in [2.05, 4.69) is 4.98 Å². The van der Waals surface area contributed by atoms with Gasteiger partial charge in [0.25, 0.3) is 14.1 Å². The average molecular weight is 763 g/mol. The van der Waals surface area contributed by atoms with Crippen LogP contribution >= 0.6 is 21.2 Å². The first-order chi connectivity index (χ1) is 25.5. The van der Waals surface area contributed by atoms with Gasteiger partial charge in [-0.25, -0.2) is 9.46 Å². The van der Waals surface area contributed by atoms with Gasteiger partial charge in [0.05, 0.1) is 25.2 Å². The lowest BCUT2D eigenvalue weighted by Crippen LogP contribution is -2.33. The normalized spacial score (nSPS) is 17.3. The van der Waals surface area contributed by atoms with Crippen molar-refractivity contribution in [2.45, 2.75) is 103 Å². The number of ether oxygens (including phenoxy) is 3. The van der Waals surface area contributed by atoms with E-state index in [0.29, 0.717) is 49.7 Å². The highest BCUT2D eigenvalue weighted by atomic mass is 32.1. The molecule has 1 aromatic heterocycles. The standard InChI is InChI=1S/C31H32N2O5S.C9H19N2O2P/c1-21-18-33(31(35)32-30(21)34)29-17-28(39)26(38-29)15-13-22-12-14-25(36-19-23-8-4-2-5-9-23)27(16-22)37-20-24-10-6-3-7-11-24;1-8(2)11(9(3)4)14(12)13-7-5-6-10/h2-12,14,16,18,26,28-29,39H,13,15,17,19-20H2,1H3,(H,32,34,35);8-9,12H,5,7H2,1-4H3/t26-,28+,29-;/m1./s1. The number of aromatic nitrogens is 2. The summed E-state index contributed by atoms with van der Waals surface area (Å²) >= 11 is 4.74. The van der Waals surface area contributed by atoms with Crippen molar-refractivity contribution < 1.29 is 23.6 Å². The van der Waals surface area contributed by atoms with Crippen molar-refractivity contribution >= 4 is 21.2 Å². The van der Waals surface area contributed by atoms with Gasteiger partial charge in [-0.2, -0.15) is 17.9 Å². The minimum Gasteiger partial charge on any atom is -0.485 e. The van der Waals surface area contributed by atoms with Crippen LogP contribution in [0.1, 0.15) is 75.4 Å². The molecule has 1 saturated heterocycles. The molecule has 0 bridgehead atoms. The summed E-state index contributed by atoms with van der Waals surface area (Å²) in [4.78, 5) is 36.2. The summed E-state index contributed by atoms with van der Waals surface area (Å²) < 4.78 is 27.1. The maximum Gasteiger partial charge on any atom is 0.330 e. The highest BCUT2D eigenvalue weighted by Crippen LogP contribution is 2.40. The number of thiol groups is 1. The third-order valence-corrected chi connectivity index (χ3v) is 10.8. The van der Waals surface area contributed by atoms with Crippen LogP contribution in [-0.4, -0.2) is 49.2 Å². The maximum absolute atomic E-state index is 12.3. The van der Waals surface area contributed by atoms with E-state index in [0.717, 1.165) is 29.5 Å². The Hall–Kier alpha value is -3.95. The molecule has 53 heavy (non-hydrogen) atoms. The predicted molar refractivity (Wildman–Crippen MR) is 211 cm³/mol. The summed E-state index contributed by atoms with van der Waals surface area (Å²) in [5.41, 5.74) is 2.87. The number of nitrogens with one attached hydrogen (secondary N) is 1. The van der Waals surface area contributed by atoms with Crippen molar-refractivity contribution in [2.75, 3.05) is 6.61 Å². The molecule has 284 valence electrons. The fourth-order valence-electron chi connectivity index (χ4n) is 5.90. The smallest absolute Gasteiger partial charge is 0.330 e. The first-order valence-electron chi connectivity index (χ1n) is 17.9. The van der Waals surface area contributed by atoms with E-state index in [4.69, 9.17) is 36.6 Å². The Kier molecular flexibility index (Phi) is 16.6. The van der Waals surface area contributed by atoms with Crippen molar-refractivity contribution in [3.05, 3.63) is 128 Å². The number of nitriles is 1. The fourth-order valence-corrected chi connectivity index (χ4v) is 7.47. The van der Waals surface area contributed by atoms with Crippen molar-refractivity contribution in [1.29, 1.82) is 5.26 Å². The monoisotopic (exact) mass is 762 g/mol. The molecule has 11 nitrogen and oxygen atoms in total. The van der Waals surface area contributed by atoms with Gasteiger partial charge in [-0.1, -0.05) is 66.7 Å². The molecule has 0 saturated carbocycles. The van der Waals surface area contributed by atoms with Gasteiger partial charge in [0.1, 0.15) is 19.4 Å². The molecule has 2 N–H and O–H groups in total. The minimum atomic E-state index is -1.55. The van der Waals surface area contributed by atoms with Gasteiger partial charge in [0, 0.05) is 35.5 Å². The van der Waals surface area contributed by atoms with E-state index in [1.165, 1.54) is 4.57 Å². The Morgan fingerprint density at radius 1 is 0.962 bits per heavy atom. The number of benzene rings is 3. The molecular weight excluding hydrogens is 712 g/mol. The van der Waals surface area contributed by atoms with Gasteiger partial charge in [0.15, 0.2) is 11.5 Å². The predicted octanol–water partition coefficient (Wildman–Crippen LogP) is 7.48. The molecule has 1 aliphatic heterocycles. The summed E-state index contributed by atoms with van der Waals surface area (Å²) in [6.07, 6.45) is 3.33. The zero-order chi connectivity index (χ0) is 38.3. The molecule has 1 fully saturated rings. The average Bonchev–Trinajstić information content (AvgIpc) is 3.51. The maximum atomic E-state index is 12.3. The van der Waals surface area contributed by atoms with Crippen molar-refractivity contribution in [1.82, 2.24) is 14.2 Å². The van der Waals surface area contributed by atoms with E-state index in [1.807, 2.05) is 117 Å². The van der Waals surface area contributed by atoms with Crippen LogP contribution in [0, 0.1) is 18.3 Å². The molecular formula is C40H51N4O7PS. The highest BCUT2D eigenvalue weighted by Gasteiger charge is 2.34. The van der Waals surface area contributed by atoms with Crippen LogP contribution < -0.4 is 20.7 Å². The third-order valence-electron chi connectivity index (χ3n) is 8.54. The summed E-state index contributed by atoms with van der Waals surface area (Å²) in [7, 11) is -1.55. The zero-order valence-corrected chi connectivity index (χ0v) is 32.8. The number of aryl methyl sites for hydroxylation is 2. The number of H-pyrrole nitrogens is 1. The SMILES string of the molecule is CC(C)N(C(C)C)P(O)OCCC#N.Cc1cn([C@H]2C[C@H](S)[C@@H](CCc3ccc(OCc4ccccc4)c(OCc4ccccc4)c3)O2)c(=O)[nH]c1=O. The number of nitrogens with zero attached hydrogens (tertiary/aromatic N) is 3. The third kappa shape index (κ3) is 12.8. The Bertz CT molecular complexity index is 1860. The summed E-state index contributed by atoms with van der Waals surface area (Å²) in [5.74, 6) is 1.38. The molecule has 3 aromatic carbocycles. The summed E-state index contributed by atoms with van der Waals surface area (Å²) in [6, 6.07) is 28.6. The summed E-state index contributed by atoms with van der Waals surface area (Å²) in [5, 5.41) is 8.29. The Balaban J connectivity index is 0.000000381. The topological polar surface area (TPSA) is 139 Å². The van der Waals surface area contributed by atoms with Crippen molar-refractivity contribution in [2.24, 2.45) is 0 Å². The molecule has 1 aliphatic rings. The van der Waals surface area contributed by atoms with Gasteiger partial charge < -0.3 is 23.6 Å². The molecule has 1 unspecified atom stereocenters. The molecule has 0 radical (unpaired) electrons. The van der Waals surface area contributed by atoms with Crippen LogP contribution in [0.3, 0.4) is 0 Å². The second kappa shape index (κ2) is 21.1. The Morgan fingerprint density at radius 3 is 2.15 bits per heavy atom. The molecule has 0 amide bonds. The van der Waals surface area contributed by atoms with Crippen LogP contribution in [0.4, 0.5) is 0 Å². The van der Waals surface area contributed by atoms with E-state index >= 15 is 0 Å². The Labute approximate surface area is 318 Å². The van der Waals surface area contributed by atoms with Crippen LogP contribution in [0.15, 0.2) is 94.6 Å². The van der Waals surface area contributed by atoms with Crippen molar-refractivity contribution in [3.8, 4) is 17.6 Å². The second-order valence-corrected chi connectivity index (χ2v) is 15.2. The largest absolute Gasteiger partial charge is 0.485 e. The van der Waals surface area contributed by atoms with Crippen LogP contribution in [-0.2, 0) is 28.9 Å². The van der Waals surface area contributed by atoms with Crippen LogP contribution in [0.5, 0.6) is 11.5 Å². The molecule has 5 rings (SSSR count). The van der Waals surface area contributed by atoms with Gasteiger partial charge in [-0.15, -0.1) is 0 Å². The number of aromatic amines is 1. The lowest BCUT2D eigenvalue weighted by molar-refractivity contribution is -0.00329. The lowest BCUT2D eigenvalue weighted by Gasteiger charge is -2.32. The molecule has 13 heteroatoms. The van der Waals surface area contributed by atoms with E-state index in [1.54, 1.807) is 13.1 Å². The molecule has 2 heterocycles. The lowest BCUT2D eigenvalue weighted by atomic mass is 10.0. The second-order valence-electron chi connectivity index (χ2n) is 13.3. The fraction of sp³-hybridized carbons (Fsp3) is 0.425. The summed E-state index contributed by atoms with van der Waals surface area (Å²) in [6.45, 7) is 10.9. The molecule has 4 aromatic rings. The van der Waals surface area contributed by atoms with E-state index in [-0.39, 0.29) is 29.0 Å². The van der Waals surface area contributed by atoms with Crippen LogP contribution in [0.25, 0.3) is 0 Å². The first-order valence-corrected chi connectivity index (χ1v) is 19.5. The van der Waals surface area contributed by atoms with Crippen molar-refractivity contribution in [3.63, 3.8) is 0 Å². The number of hydrogen-bond acceptors (Lipinski definition) is 10.